The van der Waals surface area contributed by atoms with E-state index in [4.69, 9.17) is 4.74 Å². The third kappa shape index (κ3) is 5.08. The van der Waals surface area contributed by atoms with Crippen LogP contribution in [0.2, 0.25) is 0 Å². The van der Waals surface area contributed by atoms with Crippen molar-refractivity contribution in [3.63, 3.8) is 0 Å². The largest absolute Gasteiger partial charge is 0.497 e. The molecule has 3 aromatic rings. The molecule has 6 nitrogen and oxygen atoms in total. The number of ether oxygens (including phenoxy) is 1. The molecule has 1 fully saturated rings. The van der Waals surface area contributed by atoms with Crippen LogP contribution in [0.1, 0.15) is 17.5 Å². The SMILES string of the molecule is COc1cccc(CN2CCN(Cc3ccc(-n4cccn4)cc3)CC2CCO)c1. The molecular weight excluding hydrogens is 376 g/mol. The molecule has 6 heteroatoms. The maximum Gasteiger partial charge on any atom is 0.119 e. The smallest absolute Gasteiger partial charge is 0.119 e. The van der Waals surface area contributed by atoms with Crippen molar-refractivity contribution in [1.29, 1.82) is 0 Å². The number of aromatic nitrogens is 2. The lowest BCUT2D eigenvalue weighted by Crippen LogP contribution is -2.52. The number of nitrogens with zero attached hydrogens (tertiary/aromatic N) is 4. The highest BCUT2D eigenvalue weighted by molar-refractivity contribution is 5.33. The van der Waals surface area contributed by atoms with E-state index >= 15 is 0 Å². The van der Waals surface area contributed by atoms with Crippen molar-refractivity contribution in [1.82, 2.24) is 19.6 Å². The van der Waals surface area contributed by atoms with E-state index in [0.29, 0.717) is 6.04 Å². The second-order valence-corrected chi connectivity index (χ2v) is 7.84. The first-order valence-electron chi connectivity index (χ1n) is 10.5. The van der Waals surface area contributed by atoms with Crippen LogP contribution in [0.5, 0.6) is 5.75 Å². The first-order chi connectivity index (χ1) is 14.7. The van der Waals surface area contributed by atoms with Gasteiger partial charge in [-0.05, 0) is 47.9 Å². The molecule has 1 N–H and O–H groups in total. The topological polar surface area (TPSA) is 53.8 Å². The van der Waals surface area contributed by atoms with Gasteiger partial charge >= 0.3 is 0 Å². The number of aliphatic hydroxyl groups is 1. The van der Waals surface area contributed by atoms with Crippen LogP contribution in [-0.2, 0) is 13.1 Å². The Labute approximate surface area is 178 Å². The first-order valence-corrected chi connectivity index (χ1v) is 10.5. The lowest BCUT2D eigenvalue weighted by molar-refractivity contribution is 0.0499. The fourth-order valence-electron chi connectivity index (χ4n) is 4.17. The predicted octanol–water partition coefficient (Wildman–Crippen LogP) is 2.95. The average Bonchev–Trinajstić information content (AvgIpc) is 3.31. The fraction of sp³-hybridized carbons (Fsp3) is 0.375. The first kappa shape index (κ1) is 20.6. The summed E-state index contributed by atoms with van der Waals surface area (Å²) in [7, 11) is 1.70. The van der Waals surface area contributed by atoms with Gasteiger partial charge in [0.25, 0.3) is 0 Å². The summed E-state index contributed by atoms with van der Waals surface area (Å²) < 4.78 is 7.24. The van der Waals surface area contributed by atoms with Crippen LogP contribution in [-0.4, -0.2) is 64.1 Å². The van der Waals surface area contributed by atoms with Gasteiger partial charge in [-0.2, -0.15) is 5.10 Å². The molecule has 2 aromatic carbocycles. The van der Waals surface area contributed by atoms with E-state index in [1.54, 1.807) is 13.3 Å². The van der Waals surface area contributed by atoms with Gasteiger partial charge in [-0.3, -0.25) is 9.80 Å². The second kappa shape index (κ2) is 9.89. The van der Waals surface area contributed by atoms with Crippen LogP contribution >= 0.6 is 0 Å². The number of hydrogen-bond donors (Lipinski definition) is 1. The van der Waals surface area contributed by atoms with Crippen LogP contribution in [0.4, 0.5) is 0 Å². The third-order valence-corrected chi connectivity index (χ3v) is 5.78. The van der Waals surface area contributed by atoms with Crippen molar-refractivity contribution in [3.8, 4) is 11.4 Å². The van der Waals surface area contributed by atoms with E-state index in [0.717, 1.165) is 50.6 Å². The highest BCUT2D eigenvalue weighted by atomic mass is 16.5. The van der Waals surface area contributed by atoms with Gasteiger partial charge in [-0.1, -0.05) is 24.3 Å². The Morgan fingerprint density at radius 2 is 1.90 bits per heavy atom. The van der Waals surface area contributed by atoms with Gasteiger partial charge in [0, 0.05) is 57.8 Å². The summed E-state index contributed by atoms with van der Waals surface area (Å²) in [5, 5.41) is 13.9. The van der Waals surface area contributed by atoms with Crippen molar-refractivity contribution in [3.05, 3.63) is 78.1 Å². The van der Waals surface area contributed by atoms with E-state index in [2.05, 4.69) is 51.3 Å². The van der Waals surface area contributed by atoms with E-state index in [9.17, 15) is 5.11 Å². The third-order valence-electron chi connectivity index (χ3n) is 5.78. The Balaban J connectivity index is 1.37. The standard InChI is InChI=1S/C24H30N4O2/c1-30-24-5-2-4-21(16-24)18-27-14-13-26(19-23(27)10-15-29)17-20-6-8-22(9-7-20)28-12-3-11-25-28/h2-9,11-12,16,23,29H,10,13-15,17-19H2,1H3. The zero-order chi connectivity index (χ0) is 20.8. The molecule has 1 aromatic heterocycles. The summed E-state index contributed by atoms with van der Waals surface area (Å²) in [6, 6.07) is 19.1. The van der Waals surface area contributed by atoms with Gasteiger partial charge in [-0.25, -0.2) is 4.68 Å². The van der Waals surface area contributed by atoms with Gasteiger partial charge < -0.3 is 9.84 Å². The van der Waals surface area contributed by atoms with Gasteiger partial charge in [0.1, 0.15) is 5.75 Å². The molecular formula is C24H30N4O2. The van der Waals surface area contributed by atoms with Crippen LogP contribution in [0.3, 0.4) is 0 Å². The summed E-state index contributed by atoms with van der Waals surface area (Å²) in [5.74, 6) is 0.892. The van der Waals surface area contributed by atoms with Gasteiger partial charge in [0.15, 0.2) is 0 Å². The lowest BCUT2D eigenvalue weighted by Gasteiger charge is -2.41. The lowest BCUT2D eigenvalue weighted by atomic mass is 10.1. The molecule has 1 aliphatic rings. The van der Waals surface area contributed by atoms with E-state index < -0.39 is 0 Å². The van der Waals surface area contributed by atoms with Crippen molar-refractivity contribution >= 4 is 0 Å². The number of methoxy groups -OCH3 is 1. The minimum Gasteiger partial charge on any atom is -0.497 e. The zero-order valence-corrected chi connectivity index (χ0v) is 17.5. The molecule has 1 saturated heterocycles. The van der Waals surface area contributed by atoms with Gasteiger partial charge in [0.05, 0.1) is 12.8 Å². The van der Waals surface area contributed by atoms with Crippen molar-refractivity contribution in [2.24, 2.45) is 0 Å². The van der Waals surface area contributed by atoms with E-state index in [1.807, 2.05) is 29.1 Å². The van der Waals surface area contributed by atoms with Crippen molar-refractivity contribution in [2.75, 3.05) is 33.4 Å². The summed E-state index contributed by atoms with van der Waals surface area (Å²) >= 11 is 0. The molecule has 0 spiro atoms. The normalized spacial score (nSPS) is 17.9. The number of aliphatic hydroxyl groups excluding tert-OH is 1. The fourth-order valence-corrected chi connectivity index (χ4v) is 4.17. The Hall–Kier alpha value is -2.67. The maximum atomic E-state index is 9.61. The summed E-state index contributed by atoms with van der Waals surface area (Å²) in [6.45, 7) is 5.00. The summed E-state index contributed by atoms with van der Waals surface area (Å²) in [5.41, 5.74) is 3.62. The van der Waals surface area contributed by atoms with Crippen LogP contribution < -0.4 is 4.74 Å². The number of hydrogen-bond acceptors (Lipinski definition) is 5. The van der Waals surface area contributed by atoms with Crippen molar-refractivity contribution in [2.45, 2.75) is 25.6 Å². The molecule has 0 radical (unpaired) electrons. The Bertz CT molecular complexity index is 911. The monoisotopic (exact) mass is 406 g/mol. The molecule has 1 atom stereocenters. The van der Waals surface area contributed by atoms with Crippen LogP contribution in [0, 0.1) is 0 Å². The molecule has 158 valence electrons. The molecule has 2 heterocycles. The molecule has 30 heavy (non-hydrogen) atoms. The van der Waals surface area contributed by atoms with E-state index in [-0.39, 0.29) is 6.61 Å². The summed E-state index contributed by atoms with van der Waals surface area (Å²) in [4.78, 5) is 4.98. The highest BCUT2D eigenvalue weighted by Gasteiger charge is 2.26. The number of rotatable bonds is 8. The Morgan fingerprint density at radius 1 is 1.03 bits per heavy atom. The van der Waals surface area contributed by atoms with Gasteiger partial charge in [0.2, 0.25) is 0 Å². The predicted molar refractivity (Wildman–Crippen MR) is 118 cm³/mol. The van der Waals surface area contributed by atoms with E-state index in [1.165, 1.54) is 11.1 Å². The molecule has 1 aliphatic heterocycles. The minimum absolute atomic E-state index is 0.214. The maximum absolute atomic E-state index is 9.61. The molecule has 0 amide bonds. The molecule has 0 bridgehead atoms. The number of piperazine rings is 1. The minimum atomic E-state index is 0.214. The quantitative estimate of drug-likeness (QED) is 0.623. The molecule has 0 aliphatic carbocycles. The Kier molecular flexibility index (Phi) is 6.79. The highest BCUT2D eigenvalue weighted by Crippen LogP contribution is 2.21. The molecule has 0 saturated carbocycles. The molecule has 1 unspecified atom stereocenters. The molecule has 4 rings (SSSR count). The van der Waals surface area contributed by atoms with Crippen LogP contribution in [0.15, 0.2) is 67.0 Å². The van der Waals surface area contributed by atoms with Gasteiger partial charge in [-0.15, -0.1) is 0 Å². The van der Waals surface area contributed by atoms with Crippen molar-refractivity contribution < 1.29 is 9.84 Å². The second-order valence-electron chi connectivity index (χ2n) is 7.84. The number of benzene rings is 2. The Morgan fingerprint density at radius 3 is 2.63 bits per heavy atom. The zero-order valence-electron chi connectivity index (χ0n) is 17.5. The average molecular weight is 407 g/mol. The van der Waals surface area contributed by atoms with Crippen LogP contribution in [0.25, 0.3) is 5.69 Å². The summed E-state index contributed by atoms with van der Waals surface area (Å²) in [6.07, 6.45) is 4.54.